The number of aromatic nitrogens is 4. The molecule has 4 heterocycles. The van der Waals surface area contributed by atoms with Crippen LogP contribution in [0.1, 0.15) is 73.3 Å². The molecule has 1 spiro atoms. The summed E-state index contributed by atoms with van der Waals surface area (Å²) >= 11 is 8.06. The second kappa shape index (κ2) is 11.8. The number of hydrogen-bond donors (Lipinski definition) is 2. The number of nitrogens with two attached hydrogens (primary N) is 1. The third kappa shape index (κ3) is 6.02. The number of rotatable bonds is 7. The zero-order valence-electron chi connectivity index (χ0n) is 23.7. The Morgan fingerprint density at radius 2 is 2.07 bits per heavy atom. The van der Waals surface area contributed by atoms with Gasteiger partial charge in [0, 0.05) is 45.8 Å². The molecule has 2 atom stereocenters. The van der Waals surface area contributed by atoms with Gasteiger partial charge in [0.25, 0.3) is 0 Å². The van der Waals surface area contributed by atoms with Crippen LogP contribution in [0.15, 0.2) is 27.7 Å². The molecule has 0 unspecified atom stereocenters. The Morgan fingerprint density at radius 3 is 2.76 bits per heavy atom. The average Bonchev–Trinajstić information content (AvgIpc) is 3.47. The van der Waals surface area contributed by atoms with Gasteiger partial charge in [0.15, 0.2) is 11.5 Å². The van der Waals surface area contributed by atoms with E-state index in [0.29, 0.717) is 39.5 Å². The van der Waals surface area contributed by atoms with Crippen LogP contribution in [-0.4, -0.2) is 54.9 Å². The van der Waals surface area contributed by atoms with E-state index in [-0.39, 0.29) is 34.3 Å². The maximum atomic E-state index is 13.2. The molecule has 0 radical (unpaired) electrons. The van der Waals surface area contributed by atoms with E-state index in [1.807, 2.05) is 33.2 Å². The van der Waals surface area contributed by atoms with Crippen molar-refractivity contribution in [1.82, 2.24) is 24.7 Å². The van der Waals surface area contributed by atoms with Crippen LogP contribution in [0.25, 0.3) is 0 Å². The molecule has 5 rings (SSSR count). The van der Waals surface area contributed by atoms with Crippen molar-refractivity contribution in [2.24, 2.45) is 5.41 Å². The van der Waals surface area contributed by atoms with E-state index in [9.17, 15) is 9.35 Å². The molecular weight excluding hydrogens is 602 g/mol. The number of carbonyl (C=O) groups is 1. The fourth-order valence-electron chi connectivity index (χ4n) is 5.22. The topological polar surface area (TPSA) is 142 Å². The first-order chi connectivity index (χ1) is 19.4. The van der Waals surface area contributed by atoms with Crippen molar-refractivity contribution >= 4 is 63.7 Å². The van der Waals surface area contributed by atoms with Crippen LogP contribution in [0.3, 0.4) is 0 Å². The molecule has 1 saturated heterocycles. The van der Waals surface area contributed by atoms with Crippen LogP contribution in [0.4, 0.5) is 11.6 Å². The van der Waals surface area contributed by atoms with E-state index < -0.39 is 17.3 Å². The van der Waals surface area contributed by atoms with Gasteiger partial charge in [-0.05, 0) is 59.9 Å². The van der Waals surface area contributed by atoms with Gasteiger partial charge < -0.3 is 19.9 Å². The molecule has 41 heavy (non-hydrogen) atoms. The summed E-state index contributed by atoms with van der Waals surface area (Å²) in [5.74, 6) is 0.210. The number of piperidine rings is 1. The van der Waals surface area contributed by atoms with Crippen molar-refractivity contribution in [1.29, 1.82) is 0 Å². The fraction of sp³-hybridized carbons (Fsp3) is 0.519. The minimum atomic E-state index is -1.22. The molecule has 3 aromatic heterocycles. The van der Waals surface area contributed by atoms with E-state index in [2.05, 4.69) is 19.6 Å². The van der Waals surface area contributed by atoms with Gasteiger partial charge >= 0.3 is 5.97 Å². The summed E-state index contributed by atoms with van der Waals surface area (Å²) in [6.45, 7) is 11.1. The van der Waals surface area contributed by atoms with Crippen molar-refractivity contribution < 1.29 is 14.1 Å². The second-order valence-electron chi connectivity index (χ2n) is 11.2. The number of thiazole rings is 1. The Morgan fingerprint density at radius 1 is 1.34 bits per heavy atom. The number of nitrogens with zero attached hydrogens (tertiary/aromatic N) is 5. The van der Waals surface area contributed by atoms with Crippen LogP contribution >= 0.6 is 34.7 Å². The summed E-state index contributed by atoms with van der Waals surface area (Å²) in [5.41, 5.74) is 9.56. The lowest BCUT2D eigenvalue weighted by Crippen LogP contribution is -2.50. The number of carbonyl (C=O) groups excluding carboxylic acids is 1. The number of esters is 1. The van der Waals surface area contributed by atoms with Crippen molar-refractivity contribution in [2.75, 3.05) is 30.3 Å². The van der Waals surface area contributed by atoms with Gasteiger partial charge in [0.1, 0.15) is 15.6 Å². The molecular formula is C27H34ClN7O3S3. The predicted molar refractivity (Wildman–Crippen MR) is 164 cm³/mol. The Labute approximate surface area is 256 Å². The molecule has 1 aliphatic heterocycles. The van der Waals surface area contributed by atoms with Gasteiger partial charge in [0.05, 0.1) is 34.6 Å². The molecule has 0 amide bonds. The summed E-state index contributed by atoms with van der Waals surface area (Å²) in [6, 6.07) is 1.71. The highest BCUT2D eigenvalue weighted by Crippen LogP contribution is 2.54. The molecule has 3 N–H and O–H groups in total. The Hall–Kier alpha value is -2.16. The van der Waals surface area contributed by atoms with Gasteiger partial charge in [-0.15, -0.1) is 16.1 Å². The number of aryl methyl sites for hydroxylation is 1. The number of nitrogens with one attached hydrogen (secondary N) is 1. The van der Waals surface area contributed by atoms with E-state index >= 15 is 0 Å². The number of hydrogen-bond acceptors (Lipinski definition) is 12. The minimum Gasteiger partial charge on any atom is -0.598 e. The second-order valence-corrected chi connectivity index (χ2v) is 15.5. The molecule has 0 aromatic carbocycles. The number of halogens is 1. The summed E-state index contributed by atoms with van der Waals surface area (Å²) in [6.07, 6.45) is 4.05. The third-order valence-corrected chi connectivity index (χ3v) is 11.6. The number of pyridine rings is 1. The SMILES string of the molecule is CCOC(=O)c1nc(Sc2ccnc(N)c2Cl)c(C)nc1N1CCC2(CC1)Cc1ncsc1[C@H]2N[S@+]([O-])C(C)(C)C. The van der Waals surface area contributed by atoms with Gasteiger partial charge in [0.2, 0.25) is 0 Å². The molecule has 220 valence electrons. The van der Waals surface area contributed by atoms with Crippen molar-refractivity contribution in [3.63, 3.8) is 0 Å². The van der Waals surface area contributed by atoms with Crippen molar-refractivity contribution in [3.05, 3.63) is 44.8 Å². The lowest BCUT2D eigenvalue weighted by Gasteiger charge is -2.44. The molecule has 10 nitrogen and oxygen atoms in total. The summed E-state index contributed by atoms with van der Waals surface area (Å²) in [4.78, 5) is 35.3. The Balaban J connectivity index is 1.42. The van der Waals surface area contributed by atoms with Crippen LogP contribution in [-0.2, 0) is 22.5 Å². The molecule has 1 aliphatic carbocycles. The summed E-state index contributed by atoms with van der Waals surface area (Å²) in [7, 11) is 0. The largest absolute Gasteiger partial charge is 0.598 e. The van der Waals surface area contributed by atoms with E-state index in [1.165, 1.54) is 16.6 Å². The molecule has 0 saturated carbocycles. The first-order valence-corrected chi connectivity index (χ1v) is 16.6. The number of nitrogen functional groups attached to an aromatic ring is 1. The predicted octanol–water partition coefficient (Wildman–Crippen LogP) is 5.14. The van der Waals surface area contributed by atoms with Crippen LogP contribution in [0, 0.1) is 12.3 Å². The number of ether oxygens (including phenoxy) is 1. The first-order valence-electron chi connectivity index (χ1n) is 13.4. The zero-order valence-corrected chi connectivity index (χ0v) is 26.9. The summed E-state index contributed by atoms with van der Waals surface area (Å²) < 4.78 is 21.6. The number of anilines is 2. The smallest absolute Gasteiger partial charge is 0.360 e. The maximum absolute atomic E-state index is 13.2. The van der Waals surface area contributed by atoms with Gasteiger partial charge in [-0.1, -0.05) is 23.4 Å². The van der Waals surface area contributed by atoms with Crippen LogP contribution in [0.5, 0.6) is 0 Å². The maximum Gasteiger partial charge on any atom is 0.360 e. The summed E-state index contributed by atoms with van der Waals surface area (Å²) in [5, 5.41) is 0.870. The highest BCUT2D eigenvalue weighted by atomic mass is 35.5. The molecule has 1 fully saturated rings. The molecule has 2 aliphatic rings. The van der Waals surface area contributed by atoms with E-state index in [1.54, 1.807) is 30.5 Å². The lowest BCUT2D eigenvalue weighted by atomic mass is 9.74. The number of fused-ring (bicyclic) bond motifs is 1. The van der Waals surface area contributed by atoms with Crippen molar-refractivity contribution in [2.45, 2.75) is 74.6 Å². The quantitative estimate of drug-likeness (QED) is 0.263. The van der Waals surface area contributed by atoms with E-state index in [0.717, 1.165) is 25.0 Å². The lowest BCUT2D eigenvalue weighted by molar-refractivity contribution is 0.0518. The van der Waals surface area contributed by atoms with Gasteiger partial charge in [-0.2, -0.15) is 0 Å². The third-order valence-electron chi connectivity index (χ3n) is 7.47. The average molecular weight is 636 g/mol. The highest BCUT2D eigenvalue weighted by molar-refractivity contribution is 7.99. The van der Waals surface area contributed by atoms with Gasteiger partial charge in [-0.3, -0.25) is 0 Å². The minimum absolute atomic E-state index is 0.0409. The standard InChI is InChI=1S/C27H34ClN7O3S3/c1-6-38-25(36)19-23(32-15(2)24(33-19)40-17-7-10-30-22(29)18(17)28)35-11-8-27(9-12-35)13-16-20(39-14-31-16)21(27)34-41(37)26(3,4)5/h7,10,14,21,34H,6,8-9,11-13H2,1-5H3,(H2,29,30)/t21-,41-/m1/s1. The first kappa shape index (κ1) is 30.3. The molecule has 0 bridgehead atoms. The Bertz CT molecular complexity index is 1440. The normalized spacial score (nSPS) is 18.9. The Kier molecular flexibility index (Phi) is 8.76. The molecule has 14 heteroatoms. The van der Waals surface area contributed by atoms with Crippen LogP contribution < -0.4 is 15.4 Å². The highest BCUT2D eigenvalue weighted by Gasteiger charge is 2.52. The fourth-order valence-corrected chi connectivity index (χ4v) is 8.32. The van der Waals surface area contributed by atoms with Gasteiger partial charge in [-0.25, -0.2) is 24.7 Å². The van der Waals surface area contributed by atoms with E-state index in [4.69, 9.17) is 32.0 Å². The van der Waals surface area contributed by atoms with Crippen LogP contribution in [0.2, 0.25) is 5.02 Å². The zero-order chi connectivity index (χ0) is 29.5. The molecule has 3 aromatic rings. The van der Waals surface area contributed by atoms with Crippen molar-refractivity contribution in [3.8, 4) is 0 Å². The monoisotopic (exact) mass is 635 g/mol.